The largest absolute Gasteiger partial charge is 0.479 e. The van der Waals surface area contributed by atoms with E-state index in [0.29, 0.717) is 0 Å². The van der Waals surface area contributed by atoms with Crippen LogP contribution < -0.4 is 4.72 Å². The number of hydrogen-bond donors (Lipinski definition) is 2. The number of sulfonamides is 1. The number of carboxylic acid groups (broad SMARTS) is 1. The molecule has 16 heavy (non-hydrogen) atoms. The standard InChI is InChI=1S/C7H13NO7S/c1-14-5(7(10)11)3-8-16(12,13)4-6(9)15-2/h5,8H,3-4H2,1-2H3,(H,10,11). The van der Waals surface area contributed by atoms with E-state index in [0.717, 1.165) is 14.2 Å². The van der Waals surface area contributed by atoms with Crippen molar-refractivity contribution in [3.05, 3.63) is 0 Å². The van der Waals surface area contributed by atoms with Crippen LogP contribution in [0.5, 0.6) is 0 Å². The average molecular weight is 255 g/mol. The number of nitrogens with one attached hydrogen (secondary N) is 1. The lowest BCUT2D eigenvalue weighted by atomic mass is 10.4. The number of hydrogen-bond acceptors (Lipinski definition) is 6. The molecule has 94 valence electrons. The first-order valence-corrected chi connectivity index (χ1v) is 5.77. The van der Waals surface area contributed by atoms with Crippen molar-refractivity contribution in [3.8, 4) is 0 Å². The Hall–Kier alpha value is -1.19. The molecule has 9 heteroatoms. The quantitative estimate of drug-likeness (QED) is 0.514. The van der Waals surface area contributed by atoms with Crippen LogP contribution in [0.2, 0.25) is 0 Å². The molecule has 2 N–H and O–H groups in total. The van der Waals surface area contributed by atoms with Crippen LogP contribution in [0.4, 0.5) is 0 Å². The average Bonchev–Trinajstić information content (AvgIpc) is 2.17. The van der Waals surface area contributed by atoms with Crippen molar-refractivity contribution in [3.63, 3.8) is 0 Å². The molecule has 0 aliphatic heterocycles. The summed E-state index contributed by atoms with van der Waals surface area (Å²) in [6, 6.07) is 0. The Morgan fingerprint density at radius 2 is 1.94 bits per heavy atom. The van der Waals surface area contributed by atoms with E-state index in [2.05, 4.69) is 9.47 Å². The third-order valence-corrected chi connectivity index (χ3v) is 2.81. The number of rotatable bonds is 7. The van der Waals surface area contributed by atoms with Crippen molar-refractivity contribution >= 4 is 22.0 Å². The highest BCUT2D eigenvalue weighted by Gasteiger charge is 2.22. The lowest BCUT2D eigenvalue weighted by molar-refractivity contribution is -0.147. The van der Waals surface area contributed by atoms with Crippen LogP contribution in [0, 0.1) is 0 Å². The van der Waals surface area contributed by atoms with Gasteiger partial charge in [0.1, 0.15) is 0 Å². The molecule has 0 heterocycles. The third kappa shape index (κ3) is 5.63. The van der Waals surface area contributed by atoms with Crippen LogP contribution in [-0.4, -0.2) is 58.1 Å². The zero-order valence-corrected chi connectivity index (χ0v) is 9.61. The van der Waals surface area contributed by atoms with Crippen LogP contribution in [0.25, 0.3) is 0 Å². The number of ether oxygens (including phenoxy) is 2. The monoisotopic (exact) mass is 255 g/mol. The molecule has 0 aliphatic rings. The second kappa shape index (κ2) is 6.40. The molecule has 0 amide bonds. The van der Waals surface area contributed by atoms with Gasteiger partial charge in [0.25, 0.3) is 0 Å². The van der Waals surface area contributed by atoms with E-state index in [1.54, 1.807) is 0 Å². The van der Waals surface area contributed by atoms with Gasteiger partial charge in [-0.25, -0.2) is 17.9 Å². The van der Waals surface area contributed by atoms with Crippen LogP contribution in [0.1, 0.15) is 0 Å². The minimum atomic E-state index is -3.90. The highest BCUT2D eigenvalue weighted by atomic mass is 32.2. The van der Waals surface area contributed by atoms with Crippen molar-refractivity contribution in [1.82, 2.24) is 4.72 Å². The van der Waals surface area contributed by atoms with Gasteiger partial charge in [-0.3, -0.25) is 4.79 Å². The summed E-state index contributed by atoms with van der Waals surface area (Å²) in [6.07, 6.45) is -1.30. The fraction of sp³-hybridized carbons (Fsp3) is 0.714. The summed E-state index contributed by atoms with van der Waals surface area (Å²) in [5, 5.41) is 8.55. The fourth-order valence-corrected chi connectivity index (χ4v) is 1.67. The van der Waals surface area contributed by atoms with E-state index in [4.69, 9.17) is 5.11 Å². The molecule has 1 unspecified atom stereocenters. The summed E-state index contributed by atoms with van der Waals surface area (Å²) >= 11 is 0. The Kier molecular flexibility index (Phi) is 5.93. The van der Waals surface area contributed by atoms with E-state index in [1.165, 1.54) is 0 Å². The predicted molar refractivity (Wildman–Crippen MR) is 52.2 cm³/mol. The Labute approximate surface area is 92.6 Å². The van der Waals surface area contributed by atoms with Crippen LogP contribution in [-0.2, 0) is 29.1 Å². The lowest BCUT2D eigenvalue weighted by Gasteiger charge is -2.11. The minimum absolute atomic E-state index is 0.453. The molecule has 8 nitrogen and oxygen atoms in total. The van der Waals surface area contributed by atoms with Gasteiger partial charge in [-0.2, -0.15) is 0 Å². The van der Waals surface area contributed by atoms with Crippen LogP contribution in [0.3, 0.4) is 0 Å². The summed E-state index contributed by atoms with van der Waals surface area (Å²) in [5.74, 6) is -3.10. The van der Waals surface area contributed by atoms with Crippen molar-refractivity contribution < 1.29 is 32.6 Å². The summed E-state index contributed by atoms with van der Waals surface area (Å²) in [5.41, 5.74) is 0. The number of esters is 1. The Balaban J connectivity index is 4.28. The second-order valence-electron chi connectivity index (χ2n) is 2.75. The van der Waals surface area contributed by atoms with Crippen molar-refractivity contribution in [1.29, 1.82) is 0 Å². The lowest BCUT2D eigenvalue weighted by Crippen LogP contribution is -2.40. The van der Waals surface area contributed by atoms with Crippen LogP contribution in [0.15, 0.2) is 0 Å². The van der Waals surface area contributed by atoms with E-state index in [1.807, 2.05) is 4.72 Å². The zero-order chi connectivity index (χ0) is 12.8. The molecule has 0 bridgehead atoms. The minimum Gasteiger partial charge on any atom is -0.479 e. The SMILES string of the molecule is COC(=O)CS(=O)(=O)NCC(OC)C(=O)O. The maximum atomic E-state index is 11.2. The number of carbonyl (C=O) groups excluding carboxylic acids is 1. The molecule has 0 rings (SSSR count). The first kappa shape index (κ1) is 14.8. The predicted octanol–water partition coefficient (Wildman–Crippen LogP) is -1.82. The number of aliphatic carboxylic acids is 1. The van der Waals surface area contributed by atoms with Gasteiger partial charge >= 0.3 is 11.9 Å². The molecular weight excluding hydrogens is 242 g/mol. The van der Waals surface area contributed by atoms with E-state index in [-0.39, 0.29) is 0 Å². The van der Waals surface area contributed by atoms with Crippen molar-refractivity contribution in [2.24, 2.45) is 0 Å². The van der Waals surface area contributed by atoms with Crippen LogP contribution >= 0.6 is 0 Å². The molecule has 0 aromatic rings. The summed E-state index contributed by atoms with van der Waals surface area (Å²) in [7, 11) is -1.72. The van der Waals surface area contributed by atoms with Crippen molar-refractivity contribution in [2.45, 2.75) is 6.10 Å². The molecule has 0 radical (unpaired) electrons. The molecule has 1 atom stereocenters. The molecule has 0 aromatic heterocycles. The first-order chi connectivity index (χ1) is 7.32. The van der Waals surface area contributed by atoms with Gasteiger partial charge in [-0.15, -0.1) is 0 Å². The van der Waals surface area contributed by atoms with E-state index >= 15 is 0 Å². The van der Waals surface area contributed by atoms with Gasteiger partial charge in [0.05, 0.1) is 7.11 Å². The number of carboxylic acids is 1. The molecule has 0 saturated carbocycles. The third-order valence-electron chi connectivity index (χ3n) is 1.58. The summed E-state index contributed by atoms with van der Waals surface area (Å²) in [6.45, 7) is -0.453. The maximum Gasteiger partial charge on any atom is 0.334 e. The molecule has 0 aliphatic carbocycles. The smallest absolute Gasteiger partial charge is 0.334 e. The first-order valence-electron chi connectivity index (χ1n) is 4.12. The normalized spacial score (nSPS) is 13.1. The van der Waals surface area contributed by atoms with E-state index < -0.39 is 40.4 Å². The highest BCUT2D eigenvalue weighted by molar-refractivity contribution is 7.90. The molecular formula is C7H13NO7S. The molecule has 0 fully saturated rings. The molecule has 0 aromatic carbocycles. The summed E-state index contributed by atoms with van der Waals surface area (Å²) < 4.78 is 32.9. The summed E-state index contributed by atoms with van der Waals surface area (Å²) in [4.78, 5) is 21.2. The maximum absolute atomic E-state index is 11.2. The van der Waals surface area contributed by atoms with Gasteiger partial charge in [0.2, 0.25) is 10.0 Å². The fourth-order valence-electron chi connectivity index (χ4n) is 0.739. The molecule has 0 spiro atoms. The number of methoxy groups -OCH3 is 2. The van der Waals surface area contributed by atoms with E-state index in [9.17, 15) is 18.0 Å². The van der Waals surface area contributed by atoms with Crippen molar-refractivity contribution in [2.75, 3.05) is 26.5 Å². The zero-order valence-electron chi connectivity index (χ0n) is 8.80. The Morgan fingerprint density at radius 1 is 1.38 bits per heavy atom. The second-order valence-corrected chi connectivity index (χ2v) is 4.55. The Bertz CT molecular complexity index is 350. The molecule has 0 saturated heterocycles. The van der Waals surface area contributed by atoms with Gasteiger partial charge in [0, 0.05) is 13.7 Å². The van der Waals surface area contributed by atoms with Gasteiger partial charge in [0.15, 0.2) is 11.9 Å². The van der Waals surface area contributed by atoms with Gasteiger partial charge < -0.3 is 14.6 Å². The topological polar surface area (TPSA) is 119 Å². The van der Waals surface area contributed by atoms with Gasteiger partial charge in [-0.05, 0) is 0 Å². The number of carbonyl (C=O) groups is 2. The Morgan fingerprint density at radius 3 is 2.31 bits per heavy atom. The highest BCUT2D eigenvalue weighted by Crippen LogP contribution is 1.92. The van der Waals surface area contributed by atoms with Gasteiger partial charge in [-0.1, -0.05) is 0 Å².